The predicted octanol–water partition coefficient (Wildman–Crippen LogP) is 5.09. The second-order valence-electron chi connectivity index (χ2n) is 8.99. The third kappa shape index (κ3) is 3.79. The summed E-state index contributed by atoms with van der Waals surface area (Å²) in [6.07, 6.45) is 7.86. The Bertz CT molecular complexity index is 765. The number of hydrogen-bond donors (Lipinski definition) is 1. The highest BCUT2D eigenvalue weighted by atomic mass is 19.1. The average molecular weight is 372 g/mol. The molecule has 0 unspecified atom stereocenters. The Morgan fingerprint density at radius 1 is 1.00 bits per heavy atom. The molecule has 0 amide bonds. The van der Waals surface area contributed by atoms with E-state index >= 15 is 0 Å². The summed E-state index contributed by atoms with van der Waals surface area (Å²) in [5, 5.41) is 0.977. The molecule has 0 radical (unpaired) electrons. The average Bonchev–Trinajstić information content (AvgIpc) is 3.05. The maximum Gasteiger partial charge on any atom is 0.123 e. The summed E-state index contributed by atoms with van der Waals surface area (Å²) in [5.74, 6) is 1.59. The van der Waals surface area contributed by atoms with Crippen LogP contribution in [0.15, 0.2) is 24.3 Å². The quantitative estimate of drug-likeness (QED) is 0.812. The summed E-state index contributed by atoms with van der Waals surface area (Å²) in [7, 11) is 0. The summed E-state index contributed by atoms with van der Waals surface area (Å²) in [4.78, 5) is 2.74. The summed E-state index contributed by atoms with van der Waals surface area (Å²) < 4.78 is 16.0. The Kier molecular flexibility index (Phi) is 5.56. The normalized spacial score (nSPS) is 25.5. The zero-order valence-corrected chi connectivity index (χ0v) is 16.8. The number of rotatable bonds is 4. The highest BCUT2D eigenvalue weighted by molar-refractivity contribution is 5.81. The van der Waals surface area contributed by atoms with Gasteiger partial charge in [-0.1, -0.05) is 13.8 Å². The SMILES string of the molecule is CC(C)[C@H]1CC[C@@H](N2CCC(n3c(CN)cc4cc(F)ccc43)CC2)CC1. The molecule has 1 aliphatic heterocycles. The van der Waals surface area contributed by atoms with Crippen molar-refractivity contribution in [2.75, 3.05) is 13.1 Å². The van der Waals surface area contributed by atoms with Crippen LogP contribution in [0.2, 0.25) is 0 Å². The van der Waals surface area contributed by atoms with E-state index in [-0.39, 0.29) is 5.82 Å². The number of likely N-dealkylation sites (tertiary alicyclic amines) is 1. The molecule has 0 atom stereocenters. The lowest BCUT2D eigenvalue weighted by molar-refractivity contribution is 0.0889. The smallest absolute Gasteiger partial charge is 0.123 e. The van der Waals surface area contributed by atoms with Crippen molar-refractivity contribution in [3.05, 3.63) is 35.8 Å². The van der Waals surface area contributed by atoms with Gasteiger partial charge in [-0.15, -0.1) is 0 Å². The van der Waals surface area contributed by atoms with E-state index in [1.54, 1.807) is 12.1 Å². The molecule has 1 saturated heterocycles. The van der Waals surface area contributed by atoms with Crippen molar-refractivity contribution in [2.45, 2.75) is 71.0 Å². The number of hydrogen-bond acceptors (Lipinski definition) is 2. The van der Waals surface area contributed by atoms with E-state index in [4.69, 9.17) is 5.73 Å². The van der Waals surface area contributed by atoms with Gasteiger partial charge in [-0.2, -0.15) is 0 Å². The predicted molar refractivity (Wildman–Crippen MR) is 110 cm³/mol. The zero-order valence-electron chi connectivity index (χ0n) is 16.8. The molecular formula is C23H34FN3. The van der Waals surface area contributed by atoms with Crippen molar-refractivity contribution in [2.24, 2.45) is 17.6 Å². The van der Waals surface area contributed by atoms with Crippen molar-refractivity contribution in [3.63, 3.8) is 0 Å². The minimum Gasteiger partial charge on any atom is -0.340 e. The van der Waals surface area contributed by atoms with Gasteiger partial charge in [0.25, 0.3) is 0 Å². The number of nitrogens with two attached hydrogens (primary N) is 1. The van der Waals surface area contributed by atoms with Gasteiger partial charge < -0.3 is 15.2 Å². The van der Waals surface area contributed by atoms with Crippen LogP contribution in [0, 0.1) is 17.7 Å². The molecular weight excluding hydrogens is 337 g/mol. The fraction of sp³-hybridized carbons (Fsp3) is 0.652. The van der Waals surface area contributed by atoms with Gasteiger partial charge in [0.05, 0.1) is 0 Å². The Labute approximate surface area is 162 Å². The van der Waals surface area contributed by atoms with E-state index in [0.717, 1.165) is 47.3 Å². The van der Waals surface area contributed by atoms with Gasteiger partial charge in [-0.3, -0.25) is 0 Å². The van der Waals surface area contributed by atoms with Crippen molar-refractivity contribution < 1.29 is 4.39 Å². The topological polar surface area (TPSA) is 34.2 Å². The largest absolute Gasteiger partial charge is 0.340 e. The molecule has 0 spiro atoms. The number of piperidine rings is 1. The van der Waals surface area contributed by atoms with Crippen molar-refractivity contribution >= 4 is 10.9 Å². The number of benzene rings is 1. The standard InChI is InChI=1S/C23H34FN3/c1-16(2)17-3-6-20(7-4-17)26-11-9-21(10-12-26)27-22(15-25)14-18-13-19(24)5-8-23(18)27/h5,8,13-14,16-17,20-21H,3-4,6-7,9-12,15,25H2,1-2H3/t17-,20+. The fourth-order valence-corrected chi connectivity index (χ4v) is 5.50. The summed E-state index contributed by atoms with van der Waals surface area (Å²) in [5.41, 5.74) is 8.28. The van der Waals surface area contributed by atoms with Gasteiger partial charge in [0.1, 0.15) is 5.82 Å². The van der Waals surface area contributed by atoms with Gasteiger partial charge in [-0.25, -0.2) is 4.39 Å². The molecule has 2 heterocycles. The van der Waals surface area contributed by atoms with Gasteiger partial charge in [0.2, 0.25) is 0 Å². The molecule has 148 valence electrons. The highest BCUT2D eigenvalue weighted by Gasteiger charge is 2.31. The maximum absolute atomic E-state index is 13.6. The summed E-state index contributed by atoms with van der Waals surface area (Å²) >= 11 is 0. The number of nitrogens with zero attached hydrogens (tertiary/aromatic N) is 2. The second kappa shape index (κ2) is 7.92. The Hall–Kier alpha value is -1.39. The van der Waals surface area contributed by atoms with Crippen molar-refractivity contribution in [1.29, 1.82) is 0 Å². The van der Waals surface area contributed by atoms with E-state index < -0.39 is 0 Å². The van der Waals surface area contributed by atoms with Crippen LogP contribution in [0.3, 0.4) is 0 Å². The van der Waals surface area contributed by atoms with Gasteiger partial charge in [0.15, 0.2) is 0 Å². The van der Waals surface area contributed by atoms with E-state index in [9.17, 15) is 4.39 Å². The number of halogens is 1. The first-order valence-corrected chi connectivity index (χ1v) is 10.8. The maximum atomic E-state index is 13.6. The van der Waals surface area contributed by atoms with Gasteiger partial charge >= 0.3 is 0 Å². The van der Waals surface area contributed by atoms with Crippen molar-refractivity contribution in [1.82, 2.24) is 9.47 Å². The molecule has 27 heavy (non-hydrogen) atoms. The molecule has 1 aromatic heterocycles. The Balaban J connectivity index is 1.43. The highest BCUT2D eigenvalue weighted by Crippen LogP contribution is 2.36. The lowest BCUT2D eigenvalue weighted by Crippen LogP contribution is -2.44. The number of fused-ring (bicyclic) bond motifs is 1. The molecule has 1 aromatic carbocycles. The van der Waals surface area contributed by atoms with Gasteiger partial charge in [-0.05, 0) is 74.6 Å². The molecule has 2 N–H and O–H groups in total. The van der Waals surface area contributed by atoms with Crippen molar-refractivity contribution in [3.8, 4) is 0 Å². The third-order valence-electron chi connectivity index (χ3n) is 7.15. The van der Waals surface area contributed by atoms with E-state index in [0.29, 0.717) is 12.6 Å². The van der Waals surface area contributed by atoms with Crippen LogP contribution in [-0.2, 0) is 6.54 Å². The second-order valence-corrected chi connectivity index (χ2v) is 8.99. The lowest BCUT2D eigenvalue weighted by Gasteiger charge is -2.42. The zero-order chi connectivity index (χ0) is 19.0. The summed E-state index contributed by atoms with van der Waals surface area (Å²) in [6, 6.07) is 8.45. The first kappa shape index (κ1) is 18.9. The molecule has 2 aliphatic rings. The Morgan fingerprint density at radius 3 is 2.33 bits per heavy atom. The molecule has 2 fully saturated rings. The molecule has 3 nitrogen and oxygen atoms in total. The van der Waals surface area contributed by atoms with Crippen LogP contribution in [0.25, 0.3) is 10.9 Å². The summed E-state index contributed by atoms with van der Waals surface area (Å²) in [6.45, 7) is 7.60. The first-order chi connectivity index (χ1) is 13.1. The van der Waals surface area contributed by atoms with Crippen LogP contribution in [0.1, 0.15) is 64.1 Å². The first-order valence-electron chi connectivity index (χ1n) is 10.8. The van der Waals surface area contributed by atoms with Gasteiger partial charge in [0, 0.05) is 48.3 Å². The molecule has 0 bridgehead atoms. The molecule has 1 saturated carbocycles. The van der Waals surface area contributed by atoms with E-state index in [1.807, 2.05) is 6.07 Å². The van der Waals surface area contributed by atoms with E-state index in [2.05, 4.69) is 29.4 Å². The minimum absolute atomic E-state index is 0.171. The van der Waals surface area contributed by atoms with Crippen LogP contribution >= 0.6 is 0 Å². The molecule has 1 aliphatic carbocycles. The molecule has 2 aromatic rings. The van der Waals surface area contributed by atoms with Crippen LogP contribution in [0.4, 0.5) is 4.39 Å². The number of aromatic nitrogens is 1. The monoisotopic (exact) mass is 371 g/mol. The van der Waals surface area contributed by atoms with Crippen LogP contribution in [0.5, 0.6) is 0 Å². The lowest BCUT2D eigenvalue weighted by atomic mass is 9.79. The minimum atomic E-state index is -0.171. The van der Waals surface area contributed by atoms with Crippen LogP contribution in [-0.4, -0.2) is 28.6 Å². The van der Waals surface area contributed by atoms with E-state index in [1.165, 1.54) is 38.8 Å². The third-order valence-corrected chi connectivity index (χ3v) is 7.15. The van der Waals surface area contributed by atoms with Crippen LogP contribution < -0.4 is 5.73 Å². The molecule has 4 heteroatoms. The molecule has 4 rings (SSSR count). The Morgan fingerprint density at radius 2 is 1.70 bits per heavy atom. The fourth-order valence-electron chi connectivity index (χ4n) is 5.50.